The van der Waals surface area contributed by atoms with Crippen LogP contribution in [-0.2, 0) is 0 Å². The summed E-state index contributed by atoms with van der Waals surface area (Å²) in [5.74, 6) is 0. The molecule has 0 atom stereocenters. The van der Waals surface area contributed by atoms with Gasteiger partial charge in [-0.25, -0.2) is 0 Å². The molecule has 0 aromatic carbocycles. The smallest absolute Gasteiger partial charge is 0.0193 e. The monoisotopic (exact) mass is 222 g/mol. The van der Waals surface area contributed by atoms with E-state index in [2.05, 4.69) is 23.2 Å². The fourth-order valence-corrected chi connectivity index (χ4v) is 2.90. The first-order valence-electron chi connectivity index (χ1n) is 7.02. The first-order valence-corrected chi connectivity index (χ1v) is 7.02. The number of nitrogens with zero attached hydrogens (tertiary/aromatic N) is 1. The van der Waals surface area contributed by atoms with E-state index in [-0.39, 0.29) is 0 Å². The van der Waals surface area contributed by atoms with Crippen LogP contribution in [0.5, 0.6) is 0 Å². The molecule has 0 amide bonds. The summed E-state index contributed by atoms with van der Waals surface area (Å²) in [5.41, 5.74) is 1.65. The van der Waals surface area contributed by atoms with E-state index in [0.29, 0.717) is 0 Å². The Balaban J connectivity index is 1.63. The van der Waals surface area contributed by atoms with Gasteiger partial charge in [0, 0.05) is 19.1 Å². The molecular weight excluding hydrogens is 196 g/mol. The fraction of sp³-hybridized carbons (Fsp3) is 0.857. The van der Waals surface area contributed by atoms with E-state index in [1.807, 2.05) is 0 Å². The van der Waals surface area contributed by atoms with Crippen molar-refractivity contribution in [3.63, 3.8) is 0 Å². The molecule has 2 heteroatoms. The summed E-state index contributed by atoms with van der Waals surface area (Å²) in [4.78, 5) is 2.55. The lowest BCUT2D eigenvalue weighted by Gasteiger charge is -2.26. The van der Waals surface area contributed by atoms with Gasteiger partial charge >= 0.3 is 0 Å². The van der Waals surface area contributed by atoms with Crippen molar-refractivity contribution in [3.05, 3.63) is 11.6 Å². The predicted molar refractivity (Wildman–Crippen MR) is 69.7 cm³/mol. The van der Waals surface area contributed by atoms with E-state index in [9.17, 15) is 0 Å². The summed E-state index contributed by atoms with van der Waals surface area (Å²) in [6, 6.07) is 0.825. The topological polar surface area (TPSA) is 15.3 Å². The van der Waals surface area contributed by atoms with Crippen molar-refractivity contribution in [2.45, 2.75) is 51.5 Å². The SMILES string of the molecule is CCN1CCC=C(CCNC2CCCC2)C1. The van der Waals surface area contributed by atoms with E-state index in [4.69, 9.17) is 0 Å². The highest BCUT2D eigenvalue weighted by atomic mass is 15.1. The molecule has 92 valence electrons. The van der Waals surface area contributed by atoms with Crippen molar-refractivity contribution in [2.75, 3.05) is 26.2 Å². The molecule has 0 unspecified atom stereocenters. The molecular formula is C14H26N2. The van der Waals surface area contributed by atoms with Crippen molar-refractivity contribution < 1.29 is 0 Å². The zero-order valence-electron chi connectivity index (χ0n) is 10.7. The maximum atomic E-state index is 3.70. The number of nitrogens with one attached hydrogen (secondary N) is 1. The van der Waals surface area contributed by atoms with Crippen LogP contribution >= 0.6 is 0 Å². The molecule has 1 heterocycles. The number of hydrogen-bond donors (Lipinski definition) is 1. The lowest BCUT2D eigenvalue weighted by molar-refractivity contribution is 0.301. The summed E-state index contributed by atoms with van der Waals surface area (Å²) in [6.07, 6.45) is 10.6. The average molecular weight is 222 g/mol. The lowest BCUT2D eigenvalue weighted by Crippen LogP contribution is -2.32. The van der Waals surface area contributed by atoms with E-state index in [1.54, 1.807) is 5.57 Å². The quantitative estimate of drug-likeness (QED) is 0.719. The van der Waals surface area contributed by atoms with Crippen molar-refractivity contribution >= 4 is 0 Å². The van der Waals surface area contributed by atoms with Crippen LogP contribution in [0.1, 0.15) is 45.4 Å². The second-order valence-corrected chi connectivity index (χ2v) is 5.21. The molecule has 1 fully saturated rings. The van der Waals surface area contributed by atoms with E-state index >= 15 is 0 Å². The molecule has 0 aromatic heterocycles. The normalized spacial score (nSPS) is 23.7. The summed E-state index contributed by atoms with van der Waals surface area (Å²) >= 11 is 0. The van der Waals surface area contributed by atoms with Crippen molar-refractivity contribution in [2.24, 2.45) is 0 Å². The van der Waals surface area contributed by atoms with Gasteiger partial charge in [-0.1, -0.05) is 31.4 Å². The fourth-order valence-electron chi connectivity index (χ4n) is 2.90. The molecule has 0 radical (unpaired) electrons. The van der Waals surface area contributed by atoms with Gasteiger partial charge in [-0.3, -0.25) is 4.90 Å². The zero-order chi connectivity index (χ0) is 11.2. The van der Waals surface area contributed by atoms with E-state index < -0.39 is 0 Å². The Kier molecular flexibility index (Phi) is 4.86. The number of rotatable bonds is 5. The Morgan fingerprint density at radius 2 is 2.19 bits per heavy atom. The highest BCUT2D eigenvalue weighted by Crippen LogP contribution is 2.18. The number of hydrogen-bond acceptors (Lipinski definition) is 2. The molecule has 0 aromatic rings. The summed E-state index contributed by atoms with van der Waals surface area (Å²) in [7, 11) is 0. The Labute approximate surface area is 100 Å². The van der Waals surface area contributed by atoms with Gasteiger partial charge in [0.15, 0.2) is 0 Å². The molecule has 1 aliphatic carbocycles. The van der Waals surface area contributed by atoms with Crippen LogP contribution < -0.4 is 5.32 Å². The Hall–Kier alpha value is -0.340. The van der Waals surface area contributed by atoms with Gasteiger partial charge in [0.25, 0.3) is 0 Å². The van der Waals surface area contributed by atoms with Gasteiger partial charge < -0.3 is 5.32 Å². The third-order valence-electron chi connectivity index (χ3n) is 3.99. The van der Waals surface area contributed by atoms with Crippen LogP contribution in [0.4, 0.5) is 0 Å². The van der Waals surface area contributed by atoms with Gasteiger partial charge in [0.05, 0.1) is 0 Å². The highest BCUT2D eigenvalue weighted by molar-refractivity contribution is 5.08. The van der Waals surface area contributed by atoms with Crippen LogP contribution in [0.2, 0.25) is 0 Å². The molecule has 1 aliphatic heterocycles. The summed E-state index contributed by atoms with van der Waals surface area (Å²) in [6.45, 7) is 7.13. The van der Waals surface area contributed by atoms with Gasteiger partial charge in [0.2, 0.25) is 0 Å². The molecule has 2 rings (SSSR count). The Morgan fingerprint density at radius 3 is 2.94 bits per heavy atom. The van der Waals surface area contributed by atoms with E-state index in [0.717, 1.165) is 6.04 Å². The molecule has 0 spiro atoms. The van der Waals surface area contributed by atoms with Crippen LogP contribution in [0.25, 0.3) is 0 Å². The lowest BCUT2D eigenvalue weighted by atomic mass is 10.1. The van der Waals surface area contributed by atoms with Gasteiger partial charge in [-0.15, -0.1) is 0 Å². The van der Waals surface area contributed by atoms with E-state index in [1.165, 1.54) is 64.7 Å². The van der Waals surface area contributed by atoms with Crippen LogP contribution in [0, 0.1) is 0 Å². The third-order valence-corrected chi connectivity index (χ3v) is 3.99. The largest absolute Gasteiger partial charge is 0.314 e. The minimum atomic E-state index is 0.825. The second kappa shape index (κ2) is 6.41. The predicted octanol–water partition coefficient (Wildman–Crippen LogP) is 2.56. The number of likely N-dealkylation sites (N-methyl/N-ethyl adjacent to an activating group) is 1. The van der Waals surface area contributed by atoms with Crippen molar-refractivity contribution in [3.8, 4) is 0 Å². The maximum Gasteiger partial charge on any atom is 0.0193 e. The molecule has 0 bridgehead atoms. The van der Waals surface area contributed by atoms with Crippen molar-refractivity contribution in [1.29, 1.82) is 0 Å². The Morgan fingerprint density at radius 1 is 1.38 bits per heavy atom. The minimum Gasteiger partial charge on any atom is -0.314 e. The molecule has 2 nitrogen and oxygen atoms in total. The van der Waals surface area contributed by atoms with Gasteiger partial charge in [-0.05, 0) is 38.8 Å². The second-order valence-electron chi connectivity index (χ2n) is 5.21. The zero-order valence-corrected chi connectivity index (χ0v) is 10.7. The standard InChI is InChI=1S/C14H26N2/c1-2-16-11-5-6-13(12-16)9-10-15-14-7-3-4-8-14/h6,14-15H,2-5,7-12H2,1H3. The maximum absolute atomic E-state index is 3.70. The molecule has 2 aliphatic rings. The van der Waals surface area contributed by atoms with Crippen LogP contribution in [-0.4, -0.2) is 37.1 Å². The molecule has 16 heavy (non-hydrogen) atoms. The average Bonchev–Trinajstić information content (AvgIpc) is 2.82. The van der Waals surface area contributed by atoms with Crippen LogP contribution in [0.3, 0.4) is 0 Å². The summed E-state index contributed by atoms with van der Waals surface area (Å²) in [5, 5.41) is 3.70. The summed E-state index contributed by atoms with van der Waals surface area (Å²) < 4.78 is 0. The first-order chi connectivity index (χ1) is 7.88. The Bertz CT molecular complexity index is 229. The third kappa shape index (κ3) is 3.60. The van der Waals surface area contributed by atoms with Gasteiger partial charge in [-0.2, -0.15) is 0 Å². The van der Waals surface area contributed by atoms with Crippen molar-refractivity contribution in [1.82, 2.24) is 10.2 Å². The van der Waals surface area contributed by atoms with Crippen LogP contribution in [0.15, 0.2) is 11.6 Å². The highest BCUT2D eigenvalue weighted by Gasteiger charge is 2.14. The first kappa shape index (κ1) is 12.1. The molecule has 0 saturated heterocycles. The molecule has 1 N–H and O–H groups in total. The molecule has 1 saturated carbocycles. The van der Waals surface area contributed by atoms with Gasteiger partial charge in [0.1, 0.15) is 0 Å². The minimum absolute atomic E-state index is 0.825.